The van der Waals surface area contributed by atoms with Gasteiger partial charge in [-0.1, -0.05) is 26.0 Å². The lowest BCUT2D eigenvalue weighted by Crippen LogP contribution is -2.65. The van der Waals surface area contributed by atoms with Gasteiger partial charge < -0.3 is 19.8 Å². The van der Waals surface area contributed by atoms with Gasteiger partial charge in [0.1, 0.15) is 5.75 Å². The van der Waals surface area contributed by atoms with Crippen LogP contribution in [0.1, 0.15) is 39.2 Å². The molecule has 4 fully saturated rings. The Balaban J connectivity index is 0.00000182. The van der Waals surface area contributed by atoms with Crippen LogP contribution >= 0.6 is 12.4 Å². The molecule has 0 unspecified atom stereocenters. The summed E-state index contributed by atoms with van der Waals surface area (Å²) >= 11 is 0. The molecule has 1 aliphatic heterocycles. The van der Waals surface area contributed by atoms with E-state index in [1.807, 2.05) is 12.1 Å². The predicted octanol–water partition coefficient (Wildman–Crippen LogP) is 3.25. The highest BCUT2D eigenvalue weighted by molar-refractivity contribution is 6.47. The molecule has 5 atom stereocenters. The first-order valence-corrected chi connectivity index (χ1v) is 9.06. The molecule has 0 amide bonds. The smallest absolute Gasteiger partial charge is 0.475 e. The summed E-state index contributed by atoms with van der Waals surface area (Å²) in [6.45, 7) is 6.99. The molecule has 0 radical (unpaired) electrons. The lowest BCUT2D eigenvalue weighted by atomic mass is 9.43. The summed E-state index contributed by atoms with van der Waals surface area (Å²) in [5.74, 6) is 2.05. The fourth-order valence-electron chi connectivity index (χ4n) is 5.21. The summed E-state index contributed by atoms with van der Waals surface area (Å²) in [4.78, 5) is 0. The quantitative estimate of drug-likeness (QED) is 0.832. The molecule has 3 saturated carbocycles. The molecule has 1 heterocycles. The first-order chi connectivity index (χ1) is 11.3. The molecule has 2 bridgehead atoms. The summed E-state index contributed by atoms with van der Waals surface area (Å²) in [5, 5.41) is 0. The zero-order valence-electron chi connectivity index (χ0n) is 15.5. The third-order valence-electron chi connectivity index (χ3n) is 6.95. The minimum atomic E-state index is -0.308. The van der Waals surface area contributed by atoms with E-state index >= 15 is 0 Å². The van der Waals surface area contributed by atoms with Crippen molar-refractivity contribution in [3.8, 4) is 5.75 Å². The van der Waals surface area contributed by atoms with Crippen LogP contribution < -0.4 is 10.5 Å². The number of methoxy groups -OCH3 is 1. The average molecular weight is 366 g/mol. The SMILES string of the molecule is COc1ccc(C[C@H](N)B2O[C@@H]3C[C@@H]4C[C@@H](C4(C)C)[C@]3(C)O2)cc1.Cl. The molecule has 0 spiro atoms. The summed E-state index contributed by atoms with van der Waals surface area (Å²) in [5.41, 5.74) is 7.81. The van der Waals surface area contributed by atoms with Gasteiger partial charge in [-0.05, 0) is 61.1 Å². The first-order valence-electron chi connectivity index (χ1n) is 9.06. The summed E-state index contributed by atoms with van der Waals surface area (Å²) < 4.78 is 17.9. The van der Waals surface area contributed by atoms with Crippen LogP contribution in [-0.4, -0.2) is 31.9 Å². The maximum Gasteiger partial charge on any atom is 0.475 e. The zero-order valence-corrected chi connectivity index (χ0v) is 16.3. The van der Waals surface area contributed by atoms with Gasteiger partial charge in [0.25, 0.3) is 0 Å². The molecule has 25 heavy (non-hydrogen) atoms. The molecule has 6 heteroatoms. The topological polar surface area (TPSA) is 53.7 Å². The van der Waals surface area contributed by atoms with E-state index in [0.717, 1.165) is 24.5 Å². The molecule has 0 aromatic heterocycles. The number of nitrogens with two attached hydrogens (primary N) is 1. The molecule has 1 aromatic rings. The van der Waals surface area contributed by atoms with Crippen molar-refractivity contribution in [2.24, 2.45) is 23.0 Å². The predicted molar refractivity (Wildman–Crippen MR) is 102 cm³/mol. The number of halogens is 1. The molecule has 2 N–H and O–H groups in total. The third-order valence-corrected chi connectivity index (χ3v) is 6.95. The monoisotopic (exact) mass is 365 g/mol. The van der Waals surface area contributed by atoms with Gasteiger partial charge in [0.2, 0.25) is 0 Å². The fraction of sp³-hybridized carbons (Fsp3) is 0.684. The van der Waals surface area contributed by atoms with Crippen molar-refractivity contribution < 1.29 is 14.0 Å². The van der Waals surface area contributed by atoms with Gasteiger partial charge in [-0.15, -0.1) is 12.4 Å². The molecule has 4 aliphatic rings. The van der Waals surface area contributed by atoms with Gasteiger partial charge in [0.15, 0.2) is 0 Å². The molecular weight excluding hydrogens is 336 g/mol. The minimum Gasteiger partial charge on any atom is -0.497 e. The maximum atomic E-state index is 6.45. The Morgan fingerprint density at radius 3 is 2.52 bits per heavy atom. The van der Waals surface area contributed by atoms with E-state index in [4.69, 9.17) is 19.8 Å². The number of hydrogen-bond donors (Lipinski definition) is 1. The van der Waals surface area contributed by atoms with Gasteiger partial charge in [0, 0.05) is 5.94 Å². The van der Waals surface area contributed by atoms with Crippen molar-refractivity contribution in [3.63, 3.8) is 0 Å². The summed E-state index contributed by atoms with van der Waals surface area (Å²) in [6, 6.07) is 8.05. The molecule has 1 saturated heterocycles. The highest BCUT2D eigenvalue weighted by atomic mass is 35.5. The van der Waals surface area contributed by atoms with Crippen LogP contribution in [0, 0.1) is 17.3 Å². The molecule has 5 rings (SSSR count). The molecular formula is C19H29BClNO3. The Labute approximate surface area is 157 Å². The van der Waals surface area contributed by atoms with Gasteiger partial charge >= 0.3 is 7.12 Å². The van der Waals surface area contributed by atoms with Crippen molar-refractivity contribution >= 4 is 19.5 Å². The van der Waals surface area contributed by atoms with Crippen molar-refractivity contribution in [2.75, 3.05) is 7.11 Å². The fourth-order valence-corrected chi connectivity index (χ4v) is 5.21. The normalized spacial score (nSPS) is 36.0. The molecule has 3 aliphatic carbocycles. The van der Waals surface area contributed by atoms with Crippen LogP contribution in [0.4, 0.5) is 0 Å². The van der Waals surface area contributed by atoms with Crippen molar-refractivity contribution in [2.45, 2.75) is 57.7 Å². The highest BCUT2D eigenvalue weighted by Gasteiger charge is 2.68. The Kier molecular flexibility index (Phi) is 4.91. The molecule has 4 nitrogen and oxygen atoms in total. The Bertz CT molecular complexity index is 626. The second-order valence-corrected chi connectivity index (χ2v) is 8.55. The molecule has 138 valence electrons. The lowest BCUT2D eigenvalue weighted by molar-refractivity contribution is -0.199. The van der Waals surface area contributed by atoms with Gasteiger partial charge in [-0.3, -0.25) is 0 Å². The van der Waals surface area contributed by atoms with E-state index in [1.165, 1.54) is 12.0 Å². The van der Waals surface area contributed by atoms with E-state index in [9.17, 15) is 0 Å². The van der Waals surface area contributed by atoms with Crippen LogP contribution in [0.2, 0.25) is 0 Å². The average Bonchev–Trinajstić information content (AvgIpc) is 2.92. The van der Waals surface area contributed by atoms with E-state index in [-0.39, 0.29) is 37.2 Å². The van der Waals surface area contributed by atoms with Gasteiger partial charge in [-0.2, -0.15) is 0 Å². The Hall–Kier alpha value is -0.745. The number of hydrogen-bond acceptors (Lipinski definition) is 4. The van der Waals surface area contributed by atoms with Crippen LogP contribution in [-0.2, 0) is 15.7 Å². The number of rotatable bonds is 4. The van der Waals surface area contributed by atoms with Crippen molar-refractivity contribution in [1.29, 1.82) is 0 Å². The number of ether oxygens (including phenoxy) is 1. The van der Waals surface area contributed by atoms with Crippen molar-refractivity contribution in [1.82, 2.24) is 0 Å². The van der Waals surface area contributed by atoms with Gasteiger partial charge in [-0.25, -0.2) is 0 Å². The van der Waals surface area contributed by atoms with E-state index < -0.39 is 0 Å². The Morgan fingerprint density at radius 1 is 1.24 bits per heavy atom. The number of benzene rings is 1. The van der Waals surface area contributed by atoms with Crippen LogP contribution in [0.25, 0.3) is 0 Å². The van der Waals surface area contributed by atoms with E-state index in [0.29, 0.717) is 11.3 Å². The van der Waals surface area contributed by atoms with Crippen LogP contribution in [0.15, 0.2) is 24.3 Å². The third kappa shape index (κ3) is 2.89. The summed E-state index contributed by atoms with van der Waals surface area (Å²) in [7, 11) is 1.37. The largest absolute Gasteiger partial charge is 0.497 e. The van der Waals surface area contributed by atoms with Crippen LogP contribution in [0.3, 0.4) is 0 Å². The highest BCUT2D eigenvalue weighted by Crippen LogP contribution is 2.65. The zero-order chi connectivity index (χ0) is 17.1. The minimum absolute atomic E-state index is 0. The van der Waals surface area contributed by atoms with E-state index in [2.05, 4.69) is 32.9 Å². The summed E-state index contributed by atoms with van der Waals surface area (Å²) in [6.07, 6.45) is 3.31. The second-order valence-electron chi connectivity index (χ2n) is 8.55. The molecule has 1 aromatic carbocycles. The Morgan fingerprint density at radius 2 is 1.92 bits per heavy atom. The van der Waals surface area contributed by atoms with Gasteiger partial charge in [0.05, 0.1) is 18.8 Å². The van der Waals surface area contributed by atoms with E-state index in [1.54, 1.807) is 7.11 Å². The maximum absolute atomic E-state index is 6.45. The lowest BCUT2D eigenvalue weighted by Gasteiger charge is -2.64. The van der Waals surface area contributed by atoms with Crippen molar-refractivity contribution in [3.05, 3.63) is 29.8 Å². The van der Waals surface area contributed by atoms with Crippen LogP contribution in [0.5, 0.6) is 5.75 Å². The second kappa shape index (κ2) is 6.45. The first kappa shape index (κ1) is 19.0. The standard InChI is InChI=1S/C19H28BNO3.ClH/c1-18(2)13-10-15(18)19(3)16(11-13)23-20(24-19)17(21)9-12-5-7-14(22-4)8-6-12;/h5-8,13,15-17H,9-11,21H2,1-4H3;1H/t13-,15-,16+,17-,19-;/m0./s1.